The first kappa shape index (κ1) is 11.0. The molecule has 0 bridgehead atoms. The molecule has 1 atom stereocenters. The van der Waals surface area contributed by atoms with Crippen LogP contribution in [0.5, 0.6) is 0 Å². The lowest BCUT2D eigenvalue weighted by atomic mass is 10.0. The number of hydrogen-bond acceptors (Lipinski definition) is 3. The second kappa shape index (κ2) is 5.05. The Morgan fingerprint density at radius 2 is 1.94 bits per heavy atom. The normalized spacial score (nSPS) is 12.3. The van der Waals surface area contributed by atoms with Gasteiger partial charge in [-0.1, -0.05) is 36.4 Å². The fourth-order valence-corrected chi connectivity index (χ4v) is 2.25. The molecule has 1 aromatic carbocycles. The molecule has 0 fully saturated rings. The third kappa shape index (κ3) is 2.21. The SMILES string of the molecule is COC(C(=O)c1cccs1)c1ccccc1. The molecular weight excluding hydrogens is 220 g/mol. The highest BCUT2D eigenvalue weighted by molar-refractivity contribution is 7.12. The van der Waals surface area contributed by atoms with Crippen LogP contribution in [0.15, 0.2) is 47.8 Å². The van der Waals surface area contributed by atoms with Gasteiger partial charge in [0, 0.05) is 7.11 Å². The topological polar surface area (TPSA) is 26.3 Å². The number of thiophene rings is 1. The fourth-order valence-electron chi connectivity index (χ4n) is 1.57. The van der Waals surface area contributed by atoms with E-state index in [0.29, 0.717) is 0 Å². The number of ketones is 1. The monoisotopic (exact) mass is 232 g/mol. The van der Waals surface area contributed by atoms with Gasteiger partial charge in [0.1, 0.15) is 6.10 Å². The maximum atomic E-state index is 12.1. The zero-order chi connectivity index (χ0) is 11.4. The predicted octanol–water partition coefficient (Wildman–Crippen LogP) is 3.32. The van der Waals surface area contributed by atoms with Crippen LogP contribution in [0.25, 0.3) is 0 Å². The highest BCUT2D eigenvalue weighted by Gasteiger charge is 2.21. The van der Waals surface area contributed by atoms with E-state index in [0.717, 1.165) is 10.4 Å². The maximum absolute atomic E-state index is 12.1. The number of hydrogen-bond donors (Lipinski definition) is 0. The molecule has 2 nitrogen and oxygen atoms in total. The quantitative estimate of drug-likeness (QED) is 0.756. The van der Waals surface area contributed by atoms with E-state index in [-0.39, 0.29) is 5.78 Å². The Kier molecular flexibility index (Phi) is 3.49. The van der Waals surface area contributed by atoms with Crippen molar-refractivity contribution in [2.75, 3.05) is 7.11 Å². The molecule has 2 aromatic rings. The zero-order valence-corrected chi connectivity index (χ0v) is 9.74. The van der Waals surface area contributed by atoms with Crippen molar-refractivity contribution in [2.45, 2.75) is 6.10 Å². The van der Waals surface area contributed by atoms with Crippen molar-refractivity contribution in [3.8, 4) is 0 Å². The van der Waals surface area contributed by atoms with Crippen LogP contribution in [0.4, 0.5) is 0 Å². The molecule has 0 aliphatic heterocycles. The summed E-state index contributed by atoms with van der Waals surface area (Å²) in [6.45, 7) is 0. The van der Waals surface area contributed by atoms with Gasteiger partial charge in [0.2, 0.25) is 5.78 Å². The Labute approximate surface area is 98.5 Å². The summed E-state index contributed by atoms with van der Waals surface area (Å²) in [5.41, 5.74) is 0.892. The van der Waals surface area contributed by atoms with E-state index in [9.17, 15) is 4.79 Å². The maximum Gasteiger partial charge on any atom is 0.205 e. The molecule has 2 rings (SSSR count). The number of benzene rings is 1. The predicted molar refractivity (Wildman–Crippen MR) is 64.8 cm³/mol. The number of carbonyl (C=O) groups is 1. The van der Waals surface area contributed by atoms with Gasteiger partial charge in [-0.3, -0.25) is 4.79 Å². The number of rotatable bonds is 4. The number of ether oxygens (including phenoxy) is 1. The summed E-state index contributed by atoms with van der Waals surface area (Å²) in [5, 5.41) is 1.89. The molecule has 0 saturated carbocycles. The van der Waals surface area contributed by atoms with Crippen LogP contribution >= 0.6 is 11.3 Å². The van der Waals surface area contributed by atoms with Crippen molar-refractivity contribution in [2.24, 2.45) is 0 Å². The van der Waals surface area contributed by atoms with E-state index in [4.69, 9.17) is 4.74 Å². The highest BCUT2D eigenvalue weighted by Crippen LogP contribution is 2.23. The van der Waals surface area contributed by atoms with Crippen LogP contribution in [0.1, 0.15) is 21.3 Å². The summed E-state index contributed by atoms with van der Waals surface area (Å²) in [5.74, 6) is 0.0173. The van der Waals surface area contributed by atoms with Gasteiger partial charge >= 0.3 is 0 Å². The lowest BCUT2D eigenvalue weighted by molar-refractivity contribution is 0.0609. The third-order valence-corrected chi connectivity index (χ3v) is 3.22. The van der Waals surface area contributed by atoms with E-state index in [2.05, 4.69) is 0 Å². The summed E-state index contributed by atoms with van der Waals surface area (Å²) < 4.78 is 5.28. The van der Waals surface area contributed by atoms with Crippen LogP contribution < -0.4 is 0 Å². The average Bonchev–Trinajstić information content (AvgIpc) is 2.85. The first-order valence-corrected chi connectivity index (χ1v) is 5.86. The minimum Gasteiger partial charge on any atom is -0.368 e. The molecule has 1 unspecified atom stereocenters. The van der Waals surface area contributed by atoms with Crippen LogP contribution in [0.2, 0.25) is 0 Å². The summed E-state index contributed by atoms with van der Waals surface area (Å²) >= 11 is 1.44. The van der Waals surface area contributed by atoms with Gasteiger partial charge in [-0.2, -0.15) is 0 Å². The highest BCUT2D eigenvalue weighted by atomic mass is 32.1. The summed E-state index contributed by atoms with van der Waals surface area (Å²) in [6, 6.07) is 13.2. The summed E-state index contributed by atoms with van der Waals surface area (Å²) in [4.78, 5) is 12.9. The van der Waals surface area contributed by atoms with Crippen LogP contribution in [-0.4, -0.2) is 12.9 Å². The molecule has 82 valence electrons. The Balaban J connectivity index is 2.27. The van der Waals surface area contributed by atoms with Crippen molar-refractivity contribution < 1.29 is 9.53 Å². The molecule has 0 aliphatic carbocycles. The van der Waals surface area contributed by atoms with Gasteiger partial charge in [-0.25, -0.2) is 0 Å². The van der Waals surface area contributed by atoms with Crippen LogP contribution in [0.3, 0.4) is 0 Å². The molecule has 0 spiro atoms. The number of carbonyl (C=O) groups excluding carboxylic acids is 1. The fraction of sp³-hybridized carbons (Fsp3) is 0.154. The number of Topliss-reactive ketones (excluding diaryl/α,β-unsaturated/α-hetero) is 1. The first-order chi connectivity index (χ1) is 7.83. The molecule has 16 heavy (non-hydrogen) atoms. The van der Waals surface area contributed by atoms with Crippen molar-refractivity contribution in [1.29, 1.82) is 0 Å². The van der Waals surface area contributed by atoms with Crippen molar-refractivity contribution in [1.82, 2.24) is 0 Å². The van der Waals surface area contributed by atoms with Gasteiger partial charge in [0.05, 0.1) is 4.88 Å². The largest absolute Gasteiger partial charge is 0.368 e. The molecule has 0 radical (unpaired) electrons. The average molecular weight is 232 g/mol. The smallest absolute Gasteiger partial charge is 0.205 e. The minimum absolute atomic E-state index is 0.0173. The first-order valence-electron chi connectivity index (χ1n) is 4.98. The molecule has 0 aliphatic rings. The Morgan fingerprint density at radius 3 is 2.50 bits per heavy atom. The standard InChI is InChI=1S/C13H12O2S/c1-15-13(10-6-3-2-4-7-10)12(14)11-8-5-9-16-11/h2-9,13H,1H3. The molecule has 3 heteroatoms. The van der Waals surface area contributed by atoms with E-state index >= 15 is 0 Å². The lowest BCUT2D eigenvalue weighted by Crippen LogP contribution is -2.13. The third-order valence-electron chi connectivity index (χ3n) is 2.34. The Morgan fingerprint density at radius 1 is 1.19 bits per heavy atom. The molecule has 0 saturated heterocycles. The van der Waals surface area contributed by atoms with Crippen molar-refractivity contribution in [3.05, 3.63) is 58.3 Å². The zero-order valence-electron chi connectivity index (χ0n) is 8.92. The van der Waals surface area contributed by atoms with Gasteiger partial charge in [0.15, 0.2) is 0 Å². The van der Waals surface area contributed by atoms with E-state index < -0.39 is 6.10 Å². The molecule has 1 aromatic heterocycles. The second-order valence-corrected chi connectivity index (χ2v) is 4.32. The van der Waals surface area contributed by atoms with Gasteiger partial charge in [-0.05, 0) is 17.0 Å². The van der Waals surface area contributed by atoms with Crippen LogP contribution in [-0.2, 0) is 4.74 Å². The van der Waals surface area contributed by atoms with Gasteiger partial charge in [0.25, 0.3) is 0 Å². The lowest BCUT2D eigenvalue weighted by Gasteiger charge is -2.13. The van der Waals surface area contributed by atoms with Gasteiger partial charge in [-0.15, -0.1) is 11.3 Å². The van der Waals surface area contributed by atoms with Crippen molar-refractivity contribution >= 4 is 17.1 Å². The summed E-state index contributed by atoms with van der Waals surface area (Å²) in [7, 11) is 1.56. The number of methoxy groups -OCH3 is 1. The van der Waals surface area contributed by atoms with E-state index in [1.165, 1.54) is 11.3 Å². The Bertz CT molecular complexity index is 448. The van der Waals surface area contributed by atoms with Crippen molar-refractivity contribution in [3.63, 3.8) is 0 Å². The van der Waals surface area contributed by atoms with E-state index in [1.54, 1.807) is 7.11 Å². The molecule has 0 N–H and O–H groups in total. The molecular formula is C13H12O2S. The van der Waals surface area contributed by atoms with Crippen LogP contribution in [0, 0.1) is 0 Å². The molecule has 1 heterocycles. The second-order valence-electron chi connectivity index (χ2n) is 3.37. The van der Waals surface area contributed by atoms with Gasteiger partial charge < -0.3 is 4.74 Å². The molecule has 0 amide bonds. The summed E-state index contributed by atoms with van der Waals surface area (Å²) in [6.07, 6.45) is -0.500. The Hall–Kier alpha value is -1.45. The minimum atomic E-state index is -0.500. The van der Waals surface area contributed by atoms with E-state index in [1.807, 2.05) is 47.8 Å².